The van der Waals surface area contributed by atoms with Gasteiger partial charge in [-0.1, -0.05) is 30.3 Å². The van der Waals surface area contributed by atoms with Gasteiger partial charge in [0, 0.05) is 11.6 Å². The molecule has 0 bridgehead atoms. The normalized spacial score (nSPS) is 10.9. The quantitative estimate of drug-likeness (QED) is 0.549. The molecule has 1 aromatic carbocycles. The molecule has 0 saturated carbocycles. The summed E-state index contributed by atoms with van der Waals surface area (Å²) in [6.45, 7) is 2.25. The highest BCUT2D eigenvalue weighted by atomic mass is 16.5. The Kier molecular flexibility index (Phi) is 4.84. The van der Waals surface area contributed by atoms with E-state index in [1.54, 1.807) is 23.0 Å². The average Bonchev–Trinajstić information content (AvgIpc) is 2.99. The molecule has 25 heavy (non-hydrogen) atoms. The maximum absolute atomic E-state index is 10.5. The van der Waals surface area contributed by atoms with Crippen molar-refractivity contribution in [2.24, 2.45) is 0 Å². The molecular weight excluding hydrogens is 318 g/mol. The summed E-state index contributed by atoms with van der Waals surface area (Å²) in [5.74, 6) is 0.963. The van der Waals surface area contributed by atoms with Crippen molar-refractivity contribution in [1.29, 1.82) is 0 Å². The number of aromatic nitrogens is 4. The van der Waals surface area contributed by atoms with Gasteiger partial charge in [0.15, 0.2) is 5.82 Å². The third-order valence-corrected chi connectivity index (χ3v) is 3.56. The van der Waals surface area contributed by atoms with Gasteiger partial charge >= 0.3 is 0 Å². The summed E-state index contributed by atoms with van der Waals surface area (Å²) < 4.78 is 7.34. The van der Waals surface area contributed by atoms with Crippen LogP contribution in [0.2, 0.25) is 0 Å². The predicted molar refractivity (Wildman–Crippen MR) is 94.2 cm³/mol. The number of nitrogens with zero attached hydrogens (tertiary/aromatic N) is 4. The lowest BCUT2D eigenvalue weighted by Gasteiger charge is -2.09. The molecular formula is C18H17N5O2. The summed E-state index contributed by atoms with van der Waals surface area (Å²) >= 11 is 0. The molecule has 0 atom stereocenters. The summed E-state index contributed by atoms with van der Waals surface area (Å²) in [5.41, 5.74) is 8.46. The number of aldehydes is 1. The van der Waals surface area contributed by atoms with Crippen molar-refractivity contribution < 1.29 is 9.53 Å². The zero-order valence-corrected chi connectivity index (χ0v) is 13.7. The third-order valence-electron chi connectivity index (χ3n) is 3.56. The molecule has 0 amide bonds. The molecule has 0 radical (unpaired) electrons. The number of carbonyl (C=O) groups excluding carboxylic acids is 1. The van der Waals surface area contributed by atoms with E-state index in [0.29, 0.717) is 18.3 Å². The van der Waals surface area contributed by atoms with Crippen LogP contribution < -0.4 is 10.5 Å². The summed E-state index contributed by atoms with van der Waals surface area (Å²) in [4.78, 5) is 18.8. The fourth-order valence-electron chi connectivity index (χ4n) is 2.30. The minimum absolute atomic E-state index is 0.0976. The Morgan fingerprint density at radius 1 is 1.24 bits per heavy atom. The van der Waals surface area contributed by atoms with Crippen LogP contribution in [0.5, 0.6) is 5.88 Å². The van der Waals surface area contributed by atoms with Gasteiger partial charge in [0.05, 0.1) is 11.9 Å². The average molecular weight is 335 g/mol. The van der Waals surface area contributed by atoms with E-state index in [1.165, 1.54) is 6.08 Å². The van der Waals surface area contributed by atoms with Crippen molar-refractivity contribution in [3.05, 3.63) is 65.5 Å². The number of ether oxygens (including phenoxy) is 1. The zero-order chi connectivity index (χ0) is 17.6. The van der Waals surface area contributed by atoms with E-state index in [0.717, 1.165) is 23.1 Å². The Hall–Kier alpha value is -3.48. The Labute approximate surface area is 144 Å². The van der Waals surface area contributed by atoms with Crippen molar-refractivity contribution in [1.82, 2.24) is 19.7 Å². The first-order chi connectivity index (χ1) is 12.2. The number of rotatable bonds is 6. The van der Waals surface area contributed by atoms with E-state index in [9.17, 15) is 4.79 Å². The first kappa shape index (κ1) is 16.4. The molecule has 2 N–H and O–H groups in total. The van der Waals surface area contributed by atoms with E-state index >= 15 is 0 Å². The molecule has 126 valence electrons. The lowest BCUT2D eigenvalue weighted by molar-refractivity contribution is -0.104. The van der Waals surface area contributed by atoms with Crippen LogP contribution >= 0.6 is 0 Å². The first-order valence-corrected chi connectivity index (χ1v) is 7.65. The molecule has 7 nitrogen and oxygen atoms in total. The smallest absolute Gasteiger partial charge is 0.225 e. The van der Waals surface area contributed by atoms with Gasteiger partial charge in [-0.15, -0.1) is 0 Å². The molecule has 0 unspecified atom stereocenters. The van der Waals surface area contributed by atoms with Gasteiger partial charge in [0.25, 0.3) is 0 Å². The second kappa shape index (κ2) is 7.39. The highest BCUT2D eigenvalue weighted by Gasteiger charge is 2.11. The van der Waals surface area contributed by atoms with Crippen LogP contribution in [-0.4, -0.2) is 26.0 Å². The largest absolute Gasteiger partial charge is 0.473 e. The molecule has 0 aliphatic heterocycles. The van der Waals surface area contributed by atoms with E-state index in [2.05, 4.69) is 15.1 Å². The number of nitrogen functional groups attached to an aromatic ring is 1. The lowest BCUT2D eigenvalue weighted by atomic mass is 10.2. The Morgan fingerprint density at radius 3 is 2.80 bits per heavy atom. The standard InChI is InChI=1S/C18H17N5O2/c1-13-15(8-5-9-24)11-20-23(13)16-10-17(22-18(19)21-16)25-12-14-6-3-2-4-7-14/h2-11H,12H2,1H3,(H2,19,21,22). The van der Waals surface area contributed by atoms with Crippen LogP contribution in [0.1, 0.15) is 16.8 Å². The van der Waals surface area contributed by atoms with Crippen molar-refractivity contribution in [3.8, 4) is 11.7 Å². The zero-order valence-electron chi connectivity index (χ0n) is 13.7. The predicted octanol–water partition coefficient (Wildman–Crippen LogP) is 2.34. The van der Waals surface area contributed by atoms with E-state index in [-0.39, 0.29) is 5.95 Å². The molecule has 2 aromatic heterocycles. The fraction of sp³-hybridized carbons (Fsp3) is 0.111. The van der Waals surface area contributed by atoms with Crippen molar-refractivity contribution >= 4 is 18.3 Å². The number of nitrogens with two attached hydrogens (primary N) is 1. The molecule has 0 spiro atoms. The maximum Gasteiger partial charge on any atom is 0.225 e. The van der Waals surface area contributed by atoms with Crippen LogP contribution in [-0.2, 0) is 11.4 Å². The van der Waals surface area contributed by atoms with Gasteiger partial charge in [-0.3, -0.25) is 4.79 Å². The molecule has 2 heterocycles. The molecule has 3 aromatic rings. The van der Waals surface area contributed by atoms with Crippen LogP contribution in [0.15, 0.2) is 48.7 Å². The highest BCUT2D eigenvalue weighted by molar-refractivity contribution is 5.74. The third kappa shape index (κ3) is 3.89. The molecule has 0 aliphatic carbocycles. The van der Waals surface area contributed by atoms with E-state index in [1.807, 2.05) is 37.3 Å². The maximum atomic E-state index is 10.5. The number of carbonyl (C=O) groups is 1. The first-order valence-electron chi connectivity index (χ1n) is 7.65. The minimum Gasteiger partial charge on any atom is -0.473 e. The molecule has 7 heteroatoms. The van der Waals surface area contributed by atoms with E-state index < -0.39 is 0 Å². The highest BCUT2D eigenvalue weighted by Crippen LogP contribution is 2.19. The van der Waals surface area contributed by atoms with Gasteiger partial charge in [-0.05, 0) is 24.6 Å². The van der Waals surface area contributed by atoms with Crippen molar-refractivity contribution in [3.63, 3.8) is 0 Å². The van der Waals surface area contributed by atoms with Crippen molar-refractivity contribution in [2.75, 3.05) is 5.73 Å². The van der Waals surface area contributed by atoms with Crippen LogP contribution in [0.4, 0.5) is 5.95 Å². The van der Waals surface area contributed by atoms with Gasteiger partial charge in [0.1, 0.15) is 12.9 Å². The minimum atomic E-state index is 0.0976. The number of hydrogen-bond donors (Lipinski definition) is 1. The Bertz CT molecular complexity index is 903. The summed E-state index contributed by atoms with van der Waals surface area (Å²) in [6.07, 6.45) is 5.47. The fourth-order valence-corrected chi connectivity index (χ4v) is 2.30. The Morgan fingerprint density at radius 2 is 2.04 bits per heavy atom. The molecule has 3 rings (SSSR count). The van der Waals surface area contributed by atoms with Crippen LogP contribution in [0.3, 0.4) is 0 Å². The van der Waals surface area contributed by atoms with Crippen LogP contribution in [0, 0.1) is 6.92 Å². The Balaban J connectivity index is 1.85. The molecule has 0 saturated heterocycles. The van der Waals surface area contributed by atoms with Gasteiger partial charge in [-0.2, -0.15) is 15.1 Å². The second-order valence-corrected chi connectivity index (χ2v) is 5.29. The number of hydrogen-bond acceptors (Lipinski definition) is 6. The second-order valence-electron chi connectivity index (χ2n) is 5.29. The number of benzene rings is 1. The van der Waals surface area contributed by atoms with Gasteiger partial charge < -0.3 is 10.5 Å². The summed E-state index contributed by atoms with van der Waals surface area (Å²) in [7, 11) is 0. The number of anilines is 1. The summed E-state index contributed by atoms with van der Waals surface area (Å²) in [5, 5.41) is 4.29. The van der Waals surface area contributed by atoms with Gasteiger partial charge in [-0.25, -0.2) is 4.68 Å². The molecule has 0 aliphatic rings. The molecule has 0 fully saturated rings. The topological polar surface area (TPSA) is 95.9 Å². The monoisotopic (exact) mass is 335 g/mol. The summed E-state index contributed by atoms with van der Waals surface area (Å²) in [6, 6.07) is 11.4. The van der Waals surface area contributed by atoms with Crippen LogP contribution in [0.25, 0.3) is 11.9 Å². The van der Waals surface area contributed by atoms with Crippen molar-refractivity contribution in [2.45, 2.75) is 13.5 Å². The number of allylic oxidation sites excluding steroid dienone is 1. The van der Waals surface area contributed by atoms with E-state index in [4.69, 9.17) is 10.5 Å². The van der Waals surface area contributed by atoms with Gasteiger partial charge in [0.2, 0.25) is 11.8 Å². The lowest BCUT2D eigenvalue weighted by Crippen LogP contribution is -2.07. The SMILES string of the molecule is Cc1c(C=CC=O)cnn1-c1cc(OCc2ccccc2)nc(N)n1.